The Balaban J connectivity index is 2.29. The summed E-state index contributed by atoms with van der Waals surface area (Å²) in [6, 6.07) is 0. The van der Waals surface area contributed by atoms with Gasteiger partial charge >= 0.3 is 0 Å². The van der Waals surface area contributed by atoms with Crippen LogP contribution < -0.4 is 5.32 Å². The minimum absolute atomic E-state index is 0.577. The maximum absolute atomic E-state index is 3.20. The third-order valence-corrected chi connectivity index (χ3v) is 3.75. The Morgan fingerprint density at radius 1 is 1.43 bits per heavy atom. The van der Waals surface area contributed by atoms with E-state index in [0.717, 1.165) is 12.5 Å². The standard InChI is InChI=1S/C12H26N2/c1-12(2)7-5-6-11(12)10-14(4)9-8-13-3/h11,13H,5-10H2,1-4H3. The molecule has 1 aliphatic carbocycles. The lowest BCUT2D eigenvalue weighted by Crippen LogP contribution is -2.35. The second-order valence-electron chi connectivity index (χ2n) is 5.44. The van der Waals surface area contributed by atoms with Crippen LogP contribution in [0.15, 0.2) is 0 Å². The highest BCUT2D eigenvalue weighted by atomic mass is 15.1. The molecular formula is C12H26N2. The van der Waals surface area contributed by atoms with E-state index in [2.05, 4.69) is 31.1 Å². The topological polar surface area (TPSA) is 15.3 Å². The van der Waals surface area contributed by atoms with E-state index >= 15 is 0 Å². The van der Waals surface area contributed by atoms with Gasteiger partial charge in [0.15, 0.2) is 0 Å². The molecule has 0 aromatic rings. The molecule has 2 heteroatoms. The van der Waals surface area contributed by atoms with E-state index in [1.54, 1.807) is 0 Å². The molecule has 0 aromatic carbocycles. The number of nitrogens with zero attached hydrogens (tertiary/aromatic N) is 1. The summed E-state index contributed by atoms with van der Waals surface area (Å²) in [6.07, 6.45) is 4.27. The van der Waals surface area contributed by atoms with Crippen molar-refractivity contribution in [2.24, 2.45) is 11.3 Å². The first-order valence-corrected chi connectivity index (χ1v) is 5.89. The zero-order chi connectivity index (χ0) is 10.6. The Morgan fingerprint density at radius 3 is 2.64 bits per heavy atom. The van der Waals surface area contributed by atoms with Gasteiger partial charge in [-0.15, -0.1) is 0 Å². The summed E-state index contributed by atoms with van der Waals surface area (Å²) in [5.41, 5.74) is 0.577. The summed E-state index contributed by atoms with van der Waals surface area (Å²) in [5, 5.41) is 3.20. The minimum atomic E-state index is 0.577. The second-order valence-corrected chi connectivity index (χ2v) is 5.44. The molecule has 1 unspecified atom stereocenters. The normalized spacial score (nSPS) is 25.9. The van der Waals surface area contributed by atoms with Crippen molar-refractivity contribution in [3.8, 4) is 0 Å². The van der Waals surface area contributed by atoms with Gasteiger partial charge in [0.25, 0.3) is 0 Å². The van der Waals surface area contributed by atoms with Crippen LogP contribution in [0.3, 0.4) is 0 Å². The largest absolute Gasteiger partial charge is 0.318 e. The van der Waals surface area contributed by atoms with E-state index in [1.807, 2.05) is 7.05 Å². The SMILES string of the molecule is CNCCN(C)CC1CCCC1(C)C. The molecule has 1 atom stereocenters. The molecule has 2 nitrogen and oxygen atoms in total. The number of likely N-dealkylation sites (N-methyl/N-ethyl adjacent to an activating group) is 2. The molecule has 1 saturated carbocycles. The summed E-state index contributed by atoms with van der Waals surface area (Å²) in [5.74, 6) is 0.907. The van der Waals surface area contributed by atoms with Gasteiger partial charge in [-0.2, -0.15) is 0 Å². The highest BCUT2D eigenvalue weighted by Crippen LogP contribution is 2.42. The molecule has 1 N–H and O–H groups in total. The van der Waals surface area contributed by atoms with Gasteiger partial charge in [-0.3, -0.25) is 0 Å². The lowest BCUT2D eigenvalue weighted by atomic mass is 9.81. The van der Waals surface area contributed by atoms with Crippen LogP contribution in [0.5, 0.6) is 0 Å². The predicted octanol–water partition coefficient (Wildman–Crippen LogP) is 1.96. The summed E-state index contributed by atoms with van der Waals surface area (Å²) in [6.45, 7) is 8.40. The van der Waals surface area contributed by atoms with Crippen LogP contribution in [0, 0.1) is 11.3 Å². The maximum Gasteiger partial charge on any atom is 0.0104 e. The highest BCUT2D eigenvalue weighted by molar-refractivity contribution is 4.86. The first-order valence-electron chi connectivity index (χ1n) is 5.89. The monoisotopic (exact) mass is 198 g/mol. The summed E-state index contributed by atoms with van der Waals surface area (Å²) < 4.78 is 0. The van der Waals surface area contributed by atoms with Crippen LogP contribution in [0.1, 0.15) is 33.1 Å². The minimum Gasteiger partial charge on any atom is -0.318 e. The van der Waals surface area contributed by atoms with Crippen molar-refractivity contribution < 1.29 is 0 Å². The van der Waals surface area contributed by atoms with Crippen molar-refractivity contribution in [3.05, 3.63) is 0 Å². The molecule has 0 aromatic heterocycles. The molecule has 1 rings (SSSR count). The zero-order valence-corrected chi connectivity index (χ0v) is 10.3. The average Bonchev–Trinajstić information content (AvgIpc) is 2.43. The van der Waals surface area contributed by atoms with Crippen LogP contribution in [0.25, 0.3) is 0 Å². The van der Waals surface area contributed by atoms with Crippen LogP contribution in [0.4, 0.5) is 0 Å². The van der Waals surface area contributed by atoms with Crippen LogP contribution in [0.2, 0.25) is 0 Å². The third kappa shape index (κ3) is 3.25. The number of nitrogens with one attached hydrogen (secondary N) is 1. The fourth-order valence-corrected chi connectivity index (χ4v) is 2.51. The van der Waals surface area contributed by atoms with Gasteiger partial charge < -0.3 is 10.2 Å². The summed E-state index contributed by atoms with van der Waals surface area (Å²) in [7, 11) is 4.26. The van der Waals surface area contributed by atoms with Crippen molar-refractivity contribution in [2.45, 2.75) is 33.1 Å². The molecule has 14 heavy (non-hydrogen) atoms. The third-order valence-electron chi connectivity index (χ3n) is 3.75. The molecule has 0 saturated heterocycles. The van der Waals surface area contributed by atoms with E-state index in [1.165, 1.54) is 32.4 Å². The fraction of sp³-hybridized carbons (Fsp3) is 1.00. The van der Waals surface area contributed by atoms with E-state index < -0.39 is 0 Å². The number of rotatable bonds is 5. The average molecular weight is 198 g/mol. The van der Waals surface area contributed by atoms with Crippen molar-refractivity contribution in [1.29, 1.82) is 0 Å². The Labute approximate surface area is 89.1 Å². The molecule has 0 amide bonds. The van der Waals surface area contributed by atoms with Crippen molar-refractivity contribution in [1.82, 2.24) is 10.2 Å². The first kappa shape index (κ1) is 12.0. The van der Waals surface area contributed by atoms with Gasteiger partial charge in [-0.05, 0) is 38.3 Å². The van der Waals surface area contributed by atoms with Gasteiger partial charge in [0, 0.05) is 19.6 Å². The molecule has 1 aliphatic rings. The smallest absolute Gasteiger partial charge is 0.0104 e. The molecule has 84 valence electrons. The number of hydrogen-bond acceptors (Lipinski definition) is 2. The Kier molecular flexibility index (Phi) is 4.39. The highest BCUT2D eigenvalue weighted by Gasteiger charge is 2.34. The predicted molar refractivity (Wildman–Crippen MR) is 62.5 cm³/mol. The lowest BCUT2D eigenvalue weighted by Gasteiger charge is -2.30. The Morgan fingerprint density at radius 2 is 2.14 bits per heavy atom. The summed E-state index contributed by atoms with van der Waals surface area (Å²) >= 11 is 0. The van der Waals surface area contributed by atoms with Gasteiger partial charge in [-0.1, -0.05) is 20.3 Å². The molecule has 0 heterocycles. The number of hydrogen-bond donors (Lipinski definition) is 1. The first-order chi connectivity index (χ1) is 6.56. The summed E-state index contributed by atoms with van der Waals surface area (Å²) in [4.78, 5) is 2.47. The lowest BCUT2D eigenvalue weighted by molar-refractivity contribution is 0.184. The van der Waals surface area contributed by atoms with Crippen molar-refractivity contribution in [2.75, 3.05) is 33.7 Å². The van der Waals surface area contributed by atoms with Crippen molar-refractivity contribution in [3.63, 3.8) is 0 Å². The van der Waals surface area contributed by atoms with Gasteiger partial charge in [0.2, 0.25) is 0 Å². The maximum atomic E-state index is 3.20. The molecule has 1 fully saturated rings. The van der Waals surface area contributed by atoms with Gasteiger partial charge in [-0.25, -0.2) is 0 Å². The molecule has 0 spiro atoms. The van der Waals surface area contributed by atoms with Crippen LogP contribution in [-0.4, -0.2) is 38.6 Å². The second kappa shape index (κ2) is 5.13. The fourth-order valence-electron chi connectivity index (χ4n) is 2.51. The molecular weight excluding hydrogens is 172 g/mol. The van der Waals surface area contributed by atoms with E-state index in [9.17, 15) is 0 Å². The van der Waals surface area contributed by atoms with Crippen LogP contribution >= 0.6 is 0 Å². The van der Waals surface area contributed by atoms with Gasteiger partial charge in [0.1, 0.15) is 0 Å². The van der Waals surface area contributed by atoms with Crippen molar-refractivity contribution >= 4 is 0 Å². The van der Waals surface area contributed by atoms with Gasteiger partial charge in [0.05, 0.1) is 0 Å². The molecule has 0 aliphatic heterocycles. The molecule has 0 radical (unpaired) electrons. The zero-order valence-electron chi connectivity index (χ0n) is 10.3. The van der Waals surface area contributed by atoms with E-state index in [-0.39, 0.29) is 0 Å². The Bertz CT molecular complexity index is 166. The Hall–Kier alpha value is -0.0800. The van der Waals surface area contributed by atoms with E-state index in [0.29, 0.717) is 5.41 Å². The van der Waals surface area contributed by atoms with E-state index in [4.69, 9.17) is 0 Å². The molecule has 0 bridgehead atoms. The quantitative estimate of drug-likeness (QED) is 0.726. The van der Waals surface area contributed by atoms with Crippen LogP contribution in [-0.2, 0) is 0 Å².